The van der Waals surface area contributed by atoms with Crippen molar-refractivity contribution in [2.75, 3.05) is 12.4 Å². The van der Waals surface area contributed by atoms with E-state index in [4.69, 9.17) is 4.74 Å². The van der Waals surface area contributed by atoms with Gasteiger partial charge in [0.2, 0.25) is 0 Å². The fourth-order valence-electron chi connectivity index (χ4n) is 1.75. The van der Waals surface area contributed by atoms with Gasteiger partial charge in [-0.2, -0.15) is 0 Å². The second-order valence-corrected chi connectivity index (χ2v) is 4.11. The van der Waals surface area contributed by atoms with E-state index < -0.39 is 5.97 Å². The highest BCUT2D eigenvalue weighted by atomic mass is 16.5. The molecule has 0 unspecified atom stereocenters. The Morgan fingerprint density at radius 3 is 2.55 bits per heavy atom. The molecule has 4 nitrogen and oxygen atoms in total. The quantitative estimate of drug-likeness (QED) is 0.818. The Balaban J connectivity index is 2.24. The standard InChI is InChI=1S/C16H15NO3/c1-20-14-9-5-8-13(10-14)17-11-15(16(18)19)12-6-3-2-4-7-12/h2-11,17H,1H3,(H,18,19)/b15-11-. The van der Waals surface area contributed by atoms with Crippen LogP contribution in [0.1, 0.15) is 5.56 Å². The summed E-state index contributed by atoms with van der Waals surface area (Å²) < 4.78 is 5.12. The first-order valence-corrected chi connectivity index (χ1v) is 6.10. The normalized spacial score (nSPS) is 10.9. The van der Waals surface area contributed by atoms with Gasteiger partial charge in [-0.25, -0.2) is 4.79 Å². The van der Waals surface area contributed by atoms with E-state index in [1.807, 2.05) is 24.3 Å². The molecule has 2 N–H and O–H groups in total. The smallest absolute Gasteiger partial charge is 0.337 e. The number of aliphatic carboxylic acids is 1. The molecule has 20 heavy (non-hydrogen) atoms. The Morgan fingerprint density at radius 2 is 1.90 bits per heavy atom. The van der Waals surface area contributed by atoms with Crippen molar-refractivity contribution in [2.24, 2.45) is 0 Å². The lowest BCUT2D eigenvalue weighted by atomic mass is 10.1. The summed E-state index contributed by atoms with van der Waals surface area (Å²) in [5.41, 5.74) is 1.61. The van der Waals surface area contributed by atoms with Gasteiger partial charge >= 0.3 is 5.97 Å². The minimum Gasteiger partial charge on any atom is -0.497 e. The maximum atomic E-state index is 11.3. The van der Waals surface area contributed by atoms with Crippen molar-refractivity contribution in [3.8, 4) is 5.75 Å². The number of rotatable bonds is 5. The van der Waals surface area contributed by atoms with Crippen molar-refractivity contribution in [3.05, 3.63) is 66.4 Å². The van der Waals surface area contributed by atoms with Gasteiger partial charge in [-0.1, -0.05) is 36.4 Å². The van der Waals surface area contributed by atoms with Crippen molar-refractivity contribution in [1.29, 1.82) is 0 Å². The summed E-state index contributed by atoms with van der Waals surface area (Å²) in [7, 11) is 1.58. The SMILES string of the molecule is COc1cccc(N/C=C(\C(=O)O)c2ccccc2)c1. The summed E-state index contributed by atoms with van der Waals surface area (Å²) >= 11 is 0. The number of anilines is 1. The molecular weight excluding hydrogens is 254 g/mol. The molecular formula is C16H15NO3. The van der Waals surface area contributed by atoms with Gasteiger partial charge in [0.25, 0.3) is 0 Å². The number of carboxylic acids is 1. The highest BCUT2D eigenvalue weighted by Crippen LogP contribution is 2.19. The van der Waals surface area contributed by atoms with Crippen molar-refractivity contribution in [1.82, 2.24) is 0 Å². The number of hydrogen-bond acceptors (Lipinski definition) is 3. The van der Waals surface area contributed by atoms with E-state index in [0.717, 1.165) is 5.69 Å². The average molecular weight is 269 g/mol. The predicted molar refractivity (Wildman–Crippen MR) is 78.7 cm³/mol. The van der Waals surface area contributed by atoms with Gasteiger partial charge in [-0.3, -0.25) is 0 Å². The van der Waals surface area contributed by atoms with Gasteiger partial charge in [0, 0.05) is 18.0 Å². The van der Waals surface area contributed by atoms with Gasteiger partial charge < -0.3 is 15.2 Å². The van der Waals surface area contributed by atoms with E-state index in [-0.39, 0.29) is 5.57 Å². The van der Waals surface area contributed by atoms with E-state index in [1.165, 1.54) is 6.20 Å². The van der Waals surface area contributed by atoms with Crippen LogP contribution in [0.25, 0.3) is 5.57 Å². The van der Waals surface area contributed by atoms with E-state index >= 15 is 0 Å². The average Bonchev–Trinajstić information content (AvgIpc) is 2.48. The third-order valence-electron chi connectivity index (χ3n) is 2.77. The molecule has 0 heterocycles. The molecule has 0 bridgehead atoms. The molecule has 0 fully saturated rings. The number of hydrogen-bond donors (Lipinski definition) is 2. The second kappa shape index (κ2) is 6.43. The zero-order chi connectivity index (χ0) is 14.4. The predicted octanol–water partition coefficient (Wildman–Crippen LogP) is 3.23. The van der Waals surface area contributed by atoms with Crippen LogP contribution in [0.3, 0.4) is 0 Å². The fourth-order valence-corrected chi connectivity index (χ4v) is 1.75. The van der Waals surface area contributed by atoms with Crippen molar-refractivity contribution in [3.63, 3.8) is 0 Å². The topological polar surface area (TPSA) is 58.6 Å². The maximum absolute atomic E-state index is 11.3. The minimum absolute atomic E-state index is 0.202. The first-order chi connectivity index (χ1) is 9.70. The molecule has 102 valence electrons. The lowest BCUT2D eigenvalue weighted by Crippen LogP contribution is -2.02. The molecule has 2 aromatic rings. The highest BCUT2D eigenvalue weighted by molar-refractivity contribution is 6.15. The third-order valence-corrected chi connectivity index (χ3v) is 2.77. The Hall–Kier alpha value is -2.75. The van der Waals surface area contributed by atoms with E-state index in [2.05, 4.69) is 5.32 Å². The van der Waals surface area contributed by atoms with Crippen LogP contribution >= 0.6 is 0 Å². The summed E-state index contributed by atoms with van der Waals surface area (Å²) in [5.74, 6) is -0.272. The molecule has 0 aliphatic heterocycles. The molecule has 0 aliphatic carbocycles. The summed E-state index contributed by atoms with van der Waals surface area (Å²) in [5, 5.41) is 12.2. The lowest BCUT2D eigenvalue weighted by molar-refractivity contribution is -0.130. The number of benzene rings is 2. The van der Waals surface area contributed by atoms with Crippen LogP contribution in [-0.4, -0.2) is 18.2 Å². The molecule has 0 atom stereocenters. The zero-order valence-corrected chi connectivity index (χ0v) is 11.0. The van der Waals surface area contributed by atoms with Crippen LogP contribution in [0.15, 0.2) is 60.8 Å². The lowest BCUT2D eigenvalue weighted by Gasteiger charge is -2.06. The maximum Gasteiger partial charge on any atom is 0.337 e. The molecule has 0 aliphatic rings. The number of methoxy groups -OCH3 is 1. The summed E-state index contributed by atoms with van der Waals surface area (Å²) in [4.78, 5) is 11.3. The molecule has 2 rings (SSSR count). The Morgan fingerprint density at radius 1 is 1.15 bits per heavy atom. The summed E-state index contributed by atoms with van der Waals surface area (Å²) in [6.07, 6.45) is 1.48. The van der Waals surface area contributed by atoms with Crippen LogP contribution in [0.4, 0.5) is 5.69 Å². The number of carboxylic acid groups (broad SMARTS) is 1. The fraction of sp³-hybridized carbons (Fsp3) is 0.0625. The van der Waals surface area contributed by atoms with Crippen molar-refractivity contribution in [2.45, 2.75) is 0 Å². The molecule has 0 spiro atoms. The Bertz CT molecular complexity index is 621. The first-order valence-electron chi connectivity index (χ1n) is 6.10. The zero-order valence-electron chi connectivity index (χ0n) is 11.0. The molecule has 0 radical (unpaired) electrons. The van der Waals surface area contributed by atoms with E-state index in [9.17, 15) is 9.90 Å². The Labute approximate surface area is 117 Å². The highest BCUT2D eigenvalue weighted by Gasteiger charge is 2.09. The number of nitrogens with one attached hydrogen (secondary N) is 1. The molecule has 2 aromatic carbocycles. The summed E-state index contributed by atoms with van der Waals surface area (Å²) in [6.45, 7) is 0. The largest absolute Gasteiger partial charge is 0.497 e. The van der Waals surface area contributed by atoms with Gasteiger partial charge in [-0.05, 0) is 17.7 Å². The molecule has 4 heteroatoms. The van der Waals surface area contributed by atoms with E-state index in [0.29, 0.717) is 11.3 Å². The Kier molecular flexibility index (Phi) is 4.39. The van der Waals surface area contributed by atoms with Crippen LogP contribution in [0, 0.1) is 0 Å². The second-order valence-electron chi connectivity index (χ2n) is 4.11. The molecule has 0 saturated carbocycles. The third kappa shape index (κ3) is 3.38. The van der Waals surface area contributed by atoms with Gasteiger partial charge in [0.15, 0.2) is 0 Å². The monoisotopic (exact) mass is 269 g/mol. The number of ether oxygens (including phenoxy) is 1. The van der Waals surface area contributed by atoms with Crippen molar-refractivity contribution >= 4 is 17.2 Å². The van der Waals surface area contributed by atoms with Crippen LogP contribution in [-0.2, 0) is 4.79 Å². The van der Waals surface area contributed by atoms with E-state index in [1.54, 1.807) is 37.4 Å². The van der Waals surface area contributed by atoms with Crippen LogP contribution < -0.4 is 10.1 Å². The minimum atomic E-state index is -0.980. The van der Waals surface area contributed by atoms with Crippen LogP contribution in [0.5, 0.6) is 5.75 Å². The number of carbonyl (C=O) groups is 1. The molecule has 0 saturated heterocycles. The van der Waals surface area contributed by atoms with Gasteiger partial charge in [-0.15, -0.1) is 0 Å². The van der Waals surface area contributed by atoms with Crippen molar-refractivity contribution < 1.29 is 14.6 Å². The van der Waals surface area contributed by atoms with Gasteiger partial charge in [0.05, 0.1) is 12.7 Å². The van der Waals surface area contributed by atoms with Gasteiger partial charge in [0.1, 0.15) is 5.75 Å². The first kappa shape index (κ1) is 13.7. The molecule has 0 aromatic heterocycles. The molecule has 0 amide bonds. The van der Waals surface area contributed by atoms with Crippen LogP contribution in [0.2, 0.25) is 0 Å². The summed E-state index contributed by atoms with van der Waals surface area (Å²) in [6, 6.07) is 16.3.